The zero-order chi connectivity index (χ0) is 21.5. The molecular weight excluding hydrogens is 374 g/mol. The number of ether oxygens (including phenoxy) is 3. The molecule has 0 N–H and O–H groups in total. The van der Waals surface area contributed by atoms with Crippen LogP contribution in [0.5, 0.6) is 0 Å². The van der Waals surface area contributed by atoms with E-state index >= 15 is 0 Å². The first kappa shape index (κ1) is 20.9. The van der Waals surface area contributed by atoms with Crippen LogP contribution in [0.2, 0.25) is 0 Å². The van der Waals surface area contributed by atoms with Crippen molar-refractivity contribution in [2.75, 3.05) is 14.2 Å². The lowest BCUT2D eigenvalue weighted by Crippen LogP contribution is -2.41. The van der Waals surface area contributed by atoms with Crippen molar-refractivity contribution < 1.29 is 28.6 Å². The Balaban J connectivity index is 2.25. The lowest BCUT2D eigenvalue weighted by atomic mass is 9.71. The third kappa shape index (κ3) is 3.61. The standard InChI is InChI=1S/C22H27NO6/c1-12-17-13-9-7-8-10-15(13)23(21(26)29-22(2,3)4)16(17)11-14(19(24)27-5)18(12)20(25)28-6/h7-10,12,14,18H,11H2,1-6H3/t12?,14-,18-/m1/s1. The zero-order valence-corrected chi connectivity index (χ0v) is 17.6. The van der Waals surface area contributed by atoms with Crippen molar-refractivity contribution in [2.24, 2.45) is 11.8 Å². The SMILES string of the molecule is COC(=O)[C@@H]1C(C)c2c(n(C(=O)OC(C)(C)C)c3ccccc23)C[C@H]1C(=O)OC. The van der Waals surface area contributed by atoms with Gasteiger partial charge in [-0.3, -0.25) is 9.59 Å². The maximum Gasteiger partial charge on any atom is 0.419 e. The molecule has 0 spiro atoms. The molecule has 0 fully saturated rings. The molecule has 0 aliphatic heterocycles. The Morgan fingerprint density at radius 1 is 1.03 bits per heavy atom. The number of hydrogen-bond acceptors (Lipinski definition) is 6. The molecule has 1 aromatic carbocycles. The minimum absolute atomic E-state index is 0.181. The van der Waals surface area contributed by atoms with E-state index in [4.69, 9.17) is 14.2 Å². The predicted octanol–water partition coefficient (Wildman–Crippen LogP) is 3.66. The lowest BCUT2D eigenvalue weighted by molar-refractivity contribution is -0.159. The summed E-state index contributed by atoms with van der Waals surface area (Å²) >= 11 is 0. The van der Waals surface area contributed by atoms with Crippen LogP contribution in [0.25, 0.3) is 10.9 Å². The second-order valence-corrected chi connectivity index (χ2v) is 8.36. The van der Waals surface area contributed by atoms with E-state index in [1.807, 2.05) is 31.2 Å². The van der Waals surface area contributed by atoms with Crippen LogP contribution in [0.4, 0.5) is 4.79 Å². The number of carbonyl (C=O) groups is 3. The number of hydrogen-bond donors (Lipinski definition) is 0. The van der Waals surface area contributed by atoms with E-state index in [-0.39, 0.29) is 12.3 Å². The summed E-state index contributed by atoms with van der Waals surface area (Å²) in [4.78, 5) is 38.1. The molecule has 1 aliphatic carbocycles. The molecule has 2 aromatic rings. The van der Waals surface area contributed by atoms with Gasteiger partial charge in [-0.1, -0.05) is 25.1 Å². The molecule has 0 bridgehead atoms. The summed E-state index contributed by atoms with van der Waals surface area (Å²) in [6.45, 7) is 7.28. The molecular formula is C22H27NO6. The maximum atomic E-state index is 13.1. The van der Waals surface area contributed by atoms with Crippen LogP contribution in [0.3, 0.4) is 0 Å². The molecule has 3 atom stereocenters. The van der Waals surface area contributed by atoms with E-state index in [1.165, 1.54) is 18.8 Å². The average Bonchev–Trinajstić information content (AvgIpc) is 2.99. The van der Waals surface area contributed by atoms with Crippen LogP contribution in [-0.2, 0) is 30.2 Å². The highest BCUT2D eigenvalue weighted by Crippen LogP contribution is 2.45. The van der Waals surface area contributed by atoms with Crippen molar-refractivity contribution in [3.05, 3.63) is 35.5 Å². The number of rotatable bonds is 2. The van der Waals surface area contributed by atoms with Gasteiger partial charge in [0.1, 0.15) is 5.60 Å². The summed E-state index contributed by atoms with van der Waals surface area (Å²) in [5.41, 5.74) is 1.55. The van der Waals surface area contributed by atoms with Gasteiger partial charge in [-0.15, -0.1) is 0 Å². The Morgan fingerprint density at radius 2 is 1.66 bits per heavy atom. The molecule has 0 amide bonds. The van der Waals surface area contributed by atoms with Gasteiger partial charge in [0.05, 0.1) is 31.6 Å². The highest BCUT2D eigenvalue weighted by molar-refractivity contribution is 5.96. The van der Waals surface area contributed by atoms with Gasteiger partial charge in [-0.2, -0.15) is 0 Å². The van der Waals surface area contributed by atoms with Gasteiger partial charge in [0.2, 0.25) is 0 Å². The smallest absolute Gasteiger partial charge is 0.419 e. The number of benzene rings is 1. The summed E-state index contributed by atoms with van der Waals surface area (Å²) in [6, 6.07) is 7.48. The van der Waals surface area contributed by atoms with Gasteiger partial charge in [-0.25, -0.2) is 9.36 Å². The van der Waals surface area contributed by atoms with E-state index in [2.05, 4.69) is 0 Å². The van der Waals surface area contributed by atoms with Gasteiger partial charge >= 0.3 is 18.0 Å². The summed E-state index contributed by atoms with van der Waals surface area (Å²) in [5, 5.41) is 0.859. The minimum atomic E-state index is -0.750. The van der Waals surface area contributed by atoms with Gasteiger partial charge in [0.15, 0.2) is 0 Å². The van der Waals surface area contributed by atoms with Crippen LogP contribution in [0, 0.1) is 11.8 Å². The van der Waals surface area contributed by atoms with Crippen molar-refractivity contribution in [3.63, 3.8) is 0 Å². The highest BCUT2D eigenvalue weighted by atomic mass is 16.6. The van der Waals surface area contributed by atoms with Crippen LogP contribution < -0.4 is 0 Å². The fraction of sp³-hybridized carbons (Fsp3) is 0.500. The second kappa shape index (κ2) is 7.54. The summed E-state index contributed by atoms with van der Waals surface area (Å²) in [7, 11) is 2.60. The number of fused-ring (bicyclic) bond motifs is 3. The van der Waals surface area contributed by atoms with Crippen LogP contribution in [0.15, 0.2) is 24.3 Å². The Labute approximate surface area is 169 Å². The Hall–Kier alpha value is -2.83. The topological polar surface area (TPSA) is 83.8 Å². The summed E-state index contributed by atoms with van der Waals surface area (Å²) in [6.07, 6.45) is -0.331. The maximum absolute atomic E-state index is 13.1. The van der Waals surface area contributed by atoms with Crippen molar-refractivity contribution in [2.45, 2.75) is 45.6 Å². The monoisotopic (exact) mass is 401 g/mol. The number of carbonyl (C=O) groups excluding carboxylic acids is 3. The van der Waals surface area contributed by atoms with E-state index in [1.54, 1.807) is 20.8 Å². The fourth-order valence-electron chi connectivity index (χ4n) is 4.29. The predicted molar refractivity (Wildman–Crippen MR) is 107 cm³/mol. The molecule has 29 heavy (non-hydrogen) atoms. The molecule has 0 saturated heterocycles. The largest absolute Gasteiger partial charge is 0.469 e. The normalized spacial score (nSPS) is 21.4. The molecule has 156 valence electrons. The summed E-state index contributed by atoms with van der Waals surface area (Å²) < 4.78 is 17.1. The first-order valence-electron chi connectivity index (χ1n) is 9.62. The number of methoxy groups -OCH3 is 2. The van der Waals surface area contributed by atoms with Crippen molar-refractivity contribution in [1.82, 2.24) is 4.57 Å². The van der Waals surface area contributed by atoms with Gasteiger partial charge in [0, 0.05) is 17.5 Å². The number of nitrogens with zero attached hydrogens (tertiary/aromatic N) is 1. The average molecular weight is 401 g/mol. The molecule has 7 nitrogen and oxygen atoms in total. The molecule has 0 saturated carbocycles. The van der Waals surface area contributed by atoms with Crippen molar-refractivity contribution >= 4 is 28.9 Å². The molecule has 1 unspecified atom stereocenters. The third-order valence-corrected chi connectivity index (χ3v) is 5.41. The van der Waals surface area contributed by atoms with Crippen molar-refractivity contribution in [1.29, 1.82) is 0 Å². The third-order valence-electron chi connectivity index (χ3n) is 5.41. The fourth-order valence-corrected chi connectivity index (χ4v) is 4.29. The molecule has 1 heterocycles. The molecule has 1 aliphatic rings. The van der Waals surface area contributed by atoms with Gasteiger partial charge in [0.25, 0.3) is 0 Å². The van der Waals surface area contributed by atoms with E-state index in [0.29, 0.717) is 11.2 Å². The van der Waals surface area contributed by atoms with Gasteiger partial charge < -0.3 is 14.2 Å². The molecule has 1 aromatic heterocycles. The van der Waals surface area contributed by atoms with Crippen LogP contribution in [0.1, 0.15) is 44.9 Å². The lowest BCUT2D eigenvalue weighted by Gasteiger charge is -2.34. The van der Waals surface area contributed by atoms with Crippen molar-refractivity contribution in [3.8, 4) is 0 Å². The molecule has 0 radical (unpaired) electrons. The van der Waals surface area contributed by atoms with E-state index in [0.717, 1.165) is 10.9 Å². The number of esters is 2. The first-order chi connectivity index (χ1) is 13.6. The summed E-state index contributed by atoms with van der Waals surface area (Å²) in [5.74, 6) is -2.76. The quantitative estimate of drug-likeness (QED) is 0.564. The highest BCUT2D eigenvalue weighted by Gasteiger charge is 2.47. The number of para-hydroxylation sites is 1. The Kier molecular flexibility index (Phi) is 5.43. The molecule has 3 rings (SSSR count). The Bertz CT molecular complexity index is 968. The van der Waals surface area contributed by atoms with Gasteiger partial charge in [-0.05, 0) is 38.3 Å². The second-order valence-electron chi connectivity index (χ2n) is 8.36. The minimum Gasteiger partial charge on any atom is -0.469 e. The zero-order valence-electron chi connectivity index (χ0n) is 17.6. The van der Waals surface area contributed by atoms with E-state index in [9.17, 15) is 14.4 Å². The van der Waals surface area contributed by atoms with E-state index < -0.39 is 35.5 Å². The number of aromatic nitrogens is 1. The first-order valence-corrected chi connectivity index (χ1v) is 9.62. The van der Waals surface area contributed by atoms with Crippen LogP contribution in [-0.4, -0.2) is 42.4 Å². The Morgan fingerprint density at radius 3 is 2.24 bits per heavy atom. The molecule has 7 heteroatoms. The van der Waals surface area contributed by atoms with Crippen LogP contribution >= 0.6 is 0 Å².